The van der Waals surface area contributed by atoms with Gasteiger partial charge in [-0.15, -0.1) is 0 Å². The molecule has 1 fully saturated rings. The van der Waals surface area contributed by atoms with Crippen LogP contribution in [0.25, 0.3) is 0 Å². The van der Waals surface area contributed by atoms with Crippen molar-refractivity contribution in [3.63, 3.8) is 0 Å². The van der Waals surface area contributed by atoms with Gasteiger partial charge in [0.15, 0.2) is 0 Å². The Bertz CT molecular complexity index is 450. The van der Waals surface area contributed by atoms with E-state index in [9.17, 15) is 4.79 Å². The molecule has 1 aromatic rings. The van der Waals surface area contributed by atoms with Crippen molar-refractivity contribution >= 4 is 17.4 Å². The summed E-state index contributed by atoms with van der Waals surface area (Å²) >= 11 is 0. The van der Waals surface area contributed by atoms with Gasteiger partial charge in [-0.25, -0.2) is 4.68 Å². The molecule has 0 unspecified atom stereocenters. The highest BCUT2D eigenvalue weighted by Crippen LogP contribution is 2.28. The average Bonchev–Trinajstić information content (AvgIpc) is 3.18. The van der Waals surface area contributed by atoms with Gasteiger partial charge in [0.1, 0.15) is 5.82 Å². The lowest BCUT2D eigenvalue weighted by atomic mass is 10.3. The second-order valence-electron chi connectivity index (χ2n) is 5.06. The maximum atomic E-state index is 11.5. The number of hydrogen-bond acceptors (Lipinski definition) is 4. The Balaban J connectivity index is 1.82. The summed E-state index contributed by atoms with van der Waals surface area (Å²) in [5, 5.41) is 10.6. The maximum absolute atomic E-state index is 11.5. The SMILES string of the molecule is CCCn1nc(C)c(N)c1NCCNC(=O)C1CC1. The van der Waals surface area contributed by atoms with Crippen LogP contribution < -0.4 is 16.4 Å². The van der Waals surface area contributed by atoms with E-state index in [1.165, 1.54) is 0 Å². The van der Waals surface area contributed by atoms with Crippen molar-refractivity contribution in [1.29, 1.82) is 0 Å². The monoisotopic (exact) mass is 265 g/mol. The fourth-order valence-electron chi connectivity index (χ4n) is 2.01. The van der Waals surface area contributed by atoms with E-state index in [1.54, 1.807) is 0 Å². The van der Waals surface area contributed by atoms with Crippen LogP contribution in [0.15, 0.2) is 0 Å². The van der Waals surface area contributed by atoms with Gasteiger partial charge in [-0.05, 0) is 26.2 Å². The number of aryl methyl sites for hydroxylation is 2. The largest absolute Gasteiger partial charge is 0.394 e. The molecule has 2 rings (SSSR count). The standard InChI is InChI=1S/C13H23N5O/c1-3-8-18-12(11(14)9(2)17-18)15-6-7-16-13(19)10-4-5-10/h10,15H,3-8,14H2,1-2H3,(H,16,19). The summed E-state index contributed by atoms with van der Waals surface area (Å²) in [6.07, 6.45) is 3.08. The summed E-state index contributed by atoms with van der Waals surface area (Å²) in [5.41, 5.74) is 7.54. The highest BCUT2D eigenvalue weighted by atomic mass is 16.2. The summed E-state index contributed by atoms with van der Waals surface area (Å²) in [7, 11) is 0. The third-order valence-corrected chi connectivity index (χ3v) is 3.27. The van der Waals surface area contributed by atoms with Crippen molar-refractivity contribution in [2.75, 3.05) is 24.1 Å². The fraction of sp³-hybridized carbons (Fsp3) is 0.692. The van der Waals surface area contributed by atoms with Gasteiger partial charge >= 0.3 is 0 Å². The highest BCUT2D eigenvalue weighted by Gasteiger charge is 2.28. The molecule has 1 saturated carbocycles. The van der Waals surface area contributed by atoms with Crippen LogP contribution in [-0.4, -0.2) is 28.8 Å². The Hall–Kier alpha value is -1.72. The average molecular weight is 265 g/mol. The third-order valence-electron chi connectivity index (χ3n) is 3.27. The lowest BCUT2D eigenvalue weighted by molar-refractivity contribution is -0.122. The molecule has 6 heteroatoms. The van der Waals surface area contributed by atoms with Crippen LogP contribution in [0.2, 0.25) is 0 Å². The van der Waals surface area contributed by atoms with Crippen molar-refractivity contribution in [3.8, 4) is 0 Å². The van der Waals surface area contributed by atoms with E-state index in [4.69, 9.17) is 5.73 Å². The van der Waals surface area contributed by atoms with Crippen molar-refractivity contribution < 1.29 is 4.79 Å². The van der Waals surface area contributed by atoms with Crippen LogP contribution in [0.3, 0.4) is 0 Å². The van der Waals surface area contributed by atoms with Crippen LogP contribution in [0.1, 0.15) is 31.9 Å². The minimum Gasteiger partial charge on any atom is -0.394 e. The summed E-state index contributed by atoms with van der Waals surface area (Å²) < 4.78 is 1.90. The molecular weight excluding hydrogens is 242 g/mol. The van der Waals surface area contributed by atoms with Crippen molar-refractivity contribution in [1.82, 2.24) is 15.1 Å². The lowest BCUT2D eigenvalue weighted by Crippen LogP contribution is -2.30. The van der Waals surface area contributed by atoms with Gasteiger partial charge in [-0.1, -0.05) is 6.92 Å². The van der Waals surface area contributed by atoms with E-state index in [-0.39, 0.29) is 11.8 Å². The minimum atomic E-state index is 0.174. The van der Waals surface area contributed by atoms with Crippen molar-refractivity contribution in [2.24, 2.45) is 5.92 Å². The van der Waals surface area contributed by atoms with Crippen LogP contribution in [0, 0.1) is 12.8 Å². The number of aromatic nitrogens is 2. The number of carbonyl (C=O) groups excluding carboxylic acids is 1. The van der Waals surface area contributed by atoms with E-state index in [1.807, 2.05) is 11.6 Å². The first-order chi connectivity index (χ1) is 9.13. The van der Waals surface area contributed by atoms with Gasteiger partial charge in [0, 0.05) is 25.6 Å². The Morgan fingerprint density at radius 3 is 2.84 bits per heavy atom. The molecule has 4 N–H and O–H groups in total. The molecule has 1 aliphatic rings. The van der Waals surface area contributed by atoms with Crippen LogP contribution in [0.5, 0.6) is 0 Å². The molecule has 19 heavy (non-hydrogen) atoms. The van der Waals surface area contributed by atoms with Gasteiger partial charge in [0.05, 0.1) is 11.4 Å². The Labute approximate surface area is 113 Å². The fourth-order valence-corrected chi connectivity index (χ4v) is 2.01. The Kier molecular flexibility index (Phi) is 4.29. The molecule has 0 aliphatic heterocycles. The normalized spacial score (nSPS) is 14.4. The van der Waals surface area contributed by atoms with Crippen LogP contribution in [-0.2, 0) is 11.3 Å². The van der Waals surface area contributed by atoms with Crippen molar-refractivity contribution in [2.45, 2.75) is 39.7 Å². The zero-order valence-corrected chi connectivity index (χ0v) is 11.7. The molecule has 106 valence electrons. The van der Waals surface area contributed by atoms with E-state index < -0.39 is 0 Å². The third kappa shape index (κ3) is 3.39. The number of anilines is 2. The predicted octanol–water partition coefficient (Wildman–Crippen LogP) is 1.12. The lowest BCUT2D eigenvalue weighted by Gasteiger charge is -2.10. The molecule has 0 bridgehead atoms. The number of nitrogen functional groups attached to an aromatic ring is 1. The molecule has 0 atom stereocenters. The predicted molar refractivity (Wildman–Crippen MR) is 75.9 cm³/mol. The number of nitrogens with one attached hydrogen (secondary N) is 2. The number of hydrogen-bond donors (Lipinski definition) is 3. The van der Waals surface area contributed by atoms with Crippen molar-refractivity contribution in [3.05, 3.63) is 5.69 Å². The van der Waals surface area contributed by atoms with Gasteiger partial charge in [-0.2, -0.15) is 5.10 Å². The van der Waals surface area contributed by atoms with Gasteiger partial charge in [0.25, 0.3) is 0 Å². The summed E-state index contributed by atoms with van der Waals surface area (Å²) in [4.78, 5) is 11.5. The molecule has 1 heterocycles. The molecule has 1 aromatic heterocycles. The second-order valence-corrected chi connectivity index (χ2v) is 5.06. The summed E-state index contributed by atoms with van der Waals surface area (Å²) in [6.45, 7) is 6.13. The first-order valence-corrected chi connectivity index (χ1v) is 6.98. The van der Waals surface area contributed by atoms with Gasteiger partial charge < -0.3 is 16.4 Å². The van der Waals surface area contributed by atoms with Gasteiger partial charge in [-0.3, -0.25) is 4.79 Å². The molecule has 1 amide bonds. The number of nitrogens with zero attached hydrogens (tertiary/aromatic N) is 2. The van der Waals surface area contributed by atoms with Crippen LogP contribution in [0.4, 0.5) is 11.5 Å². The number of amides is 1. The maximum Gasteiger partial charge on any atom is 0.223 e. The van der Waals surface area contributed by atoms with Gasteiger partial charge in [0.2, 0.25) is 5.91 Å². The molecular formula is C13H23N5O. The Morgan fingerprint density at radius 1 is 1.47 bits per heavy atom. The first-order valence-electron chi connectivity index (χ1n) is 6.98. The van der Waals surface area contributed by atoms with E-state index >= 15 is 0 Å². The quantitative estimate of drug-likeness (QED) is 0.645. The molecule has 0 spiro atoms. The Morgan fingerprint density at radius 2 is 2.21 bits per heavy atom. The van der Waals surface area contributed by atoms with E-state index in [0.717, 1.165) is 37.3 Å². The number of nitrogens with two attached hydrogens (primary N) is 1. The van der Waals surface area contributed by atoms with Crippen LogP contribution >= 0.6 is 0 Å². The highest BCUT2D eigenvalue weighted by molar-refractivity contribution is 5.80. The molecule has 0 radical (unpaired) electrons. The summed E-state index contributed by atoms with van der Waals surface area (Å²) in [6, 6.07) is 0. The zero-order chi connectivity index (χ0) is 13.8. The topological polar surface area (TPSA) is 85.0 Å². The number of rotatable bonds is 7. The van der Waals surface area contributed by atoms with E-state index in [2.05, 4.69) is 22.7 Å². The minimum absolute atomic E-state index is 0.174. The molecule has 1 aliphatic carbocycles. The second kappa shape index (κ2) is 5.95. The molecule has 0 saturated heterocycles. The zero-order valence-electron chi connectivity index (χ0n) is 11.7. The molecule has 0 aromatic carbocycles. The number of carbonyl (C=O) groups is 1. The van der Waals surface area contributed by atoms with E-state index in [0.29, 0.717) is 18.8 Å². The first kappa shape index (κ1) is 13.7. The molecule has 6 nitrogen and oxygen atoms in total. The smallest absolute Gasteiger partial charge is 0.223 e. The summed E-state index contributed by atoms with van der Waals surface area (Å²) in [5.74, 6) is 1.30.